The van der Waals surface area contributed by atoms with Crippen LogP contribution in [0.15, 0.2) is 53.2 Å². The lowest BCUT2D eigenvalue weighted by atomic mass is 10.1. The first kappa shape index (κ1) is 20.8. The van der Waals surface area contributed by atoms with Gasteiger partial charge < -0.3 is 15.4 Å². The van der Waals surface area contributed by atoms with E-state index in [1.807, 2.05) is 0 Å². The van der Waals surface area contributed by atoms with Gasteiger partial charge in [0, 0.05) is 0 Å². The number of allylic oxidation sites excluding steroid dienone is 2. The average Bonchev–Trinajstić information content (AvgIpc) is 2.61. The predicted molar refractivity (Wildman–Crippen MR) is 92.6 cm³/mol. The van der Waals surface area contributed by atoms with Crippen LogP contribution in [0.2, 0.25) is 0 Å². The minimum Gasteiger partial charge on any atom is -0.497 e. The fraction of sp³-hybridized carbons (Fsp3) is 0.353. The van der Waals surface area contributed by atoms with Gasteiger partial charge in [0.05, 0.1) is 12.0 Å². The zero-order chi connectivity index (χ0) is 20.5. The van der Waals surface area contributed by atoms with Gasteiger partial charge >= 0.3 is 6.18 Å². The maximum absolute atomic E-state index is 12.8. The third-order valence-corrected chi connectivity index (χ3v) is 6.49. The van der Waals surface area contributed by atoms with Crippen molar-refractivity contribution in [1.82, 2.24) is 10.6 Å². The maximum atomic E-state index is 12.8. The maximum Gasteiger partial charge on any atom is 0.412 e. The number of methoxy groups -OCH3 is 1. The number of carbonyl (C=O) groups excluding carboxylic acids is 1. The monoisotopic (exact) mass is 404 g/mol. The Morgan fingerprint density at radius 1 is 1.19 bits per heavy atom. The summed E-state index contributed by atoms with van der Waals surface area (Å²) in [4.78, 5) is 12.4. The van der Waals surface area contributed by atoms with Crippen LogP contribution in [0.4, 0.5) is 13.2 Å². The third kappa shape index (κ3) is 4.26. The number of alkyl halides is 3. The zero-order valence-corrected chi connectivity index (χ0v) is 15.6. The van der Waals surface area contributed by atoms with Gasteiger partial charge in [-0.15, -0.1) is 0 Å². The third-order valence-electron chi connectivity index (χ3n) is 4.07. The van der Waals surface area contributed by atoms with E-state index in [0.29, 0.717) is 5.75 Å². The molecule has 0 saturated carbocycles. The summed E-state index contributed by atoms with van der Waals surface area (Å²) in [6.45, 7) is 2.37. The Balaban J connectivity index is 2.21. The van der Waals surface area contributed by atoms with Gasteiger partial charge in [-0.3, -0.25) is 4.79 Å². The van der Waals surface area contributed by atoms with E-state index in [9.17, 15) is 26.4 Å². The van der Waals surface area contributed by atoms with Gasteiger partial charge in [-0.05, 0) is 44.2 Å². The molecule has 10 heteroatoms. The largest absolute Gasteiger partial charge is 0.497 e. The van der Waals surface area contributed by atoms with Gasteiger partial charge in [-0.2, -0.15) is 13.2 Å². The number of carbonyl (C=O) groups is 1. The van der Waals surface area contributed by atoms with Crippen molar-refractivity contribution < 1.29 is 31.1 Å². The number of rotatable bonds is 5. The highest BCUT2D eigenvalue weighted by Crippen LogP contribution is 2.28. The second-order valence-corrected chi connectivity index (χ2v) is 8.77. The number of amides is 1. The molecule has 1 aromatic carbocycles. The molecule has 1 unspecified atom stereocenters. The Hall–Kier alpha value is -2.49. The highest BCUT2D eigenvalue weighted by molar-refractivity contribution is 7.93. The van der Waals surface area contributed by atoms with Crippen LogP contribution >= 0.6 is 0 Å². The SMILES string of the molecule is COc1ccc(S(=O)(=O)C(C)(C)C(=O)NC2=CC=CC(C(F)(F)F)N2)cc1. The summed E-state index contributed by atoms with van der Waals surface area (Å²) in [6, 6.07) is 3.49. The number of sulfone groups is 1. The van der Waals surface area contributed by atoms with Gasteiger partial charge in [-0.1, -0.05) is 12.2 Å². The van der Waals surface area contributed by atoms with Crippen molar-refractivity contribution in [3.63, 3.8) is 0 Å². The number of benzene rings is 1. The van der Waals surface area contributed by atoms with Gasteiger partial charge in [0.1, 0.15) is 22.4 Å². The van der Waals surface area contributed by atoms with Gasteiger partial charge in [0.15, 0.2) is 9.84 Å². The van der Waals surface area contributed by atoms with Crippen LogP contribution in [0.5, 0.6) is 5.75 Å². The molecule has 2 rings (SSSR count). The van der Waals surface area contributed by atoms with Crippen molar-refractivity contribution in [2.24, 2.45) is 0 Å². The minimum absolute atomic E-state index is 0.109. The Bertz CT molecular complexity index is 872. The molecule has 0 aliphatic carbocycles. The Kier molecular flexibility index (Phi) is 5.60. The topological polar surface area (TPSA) is 84.5 Å². The highest BCUT2D eigenvalue weighted by Gasteiger charge is 2.44. The van der Waals surface area contributed by atoms with E-state index in [-0.39, 0.29) is 10.7 Å². The molecule has 27 heavy (non-hydrogen) atoms. The van der Waals surface area contributed by atoms with Crippen molar-refractivity contribution in [2.75, 3.05) is 7.11 Å². The van der Waals surface area contributed by atoms with Crippen molar-refractivity contribution in [3.05, 3.63) is 48.3 Å². The summed E-state index contributed by atoms with van der Waals surface area (Å²) in [6.07, 6.45) is -1.31. The number of dihydropyridines is 1. The Labute approximate surface area is 155 Å². The van der Waals surface area contributed by atoms with Crippen molar-refractivity contribution in [3.8, 4) is 5.75 Å². The standard InChI is InChI=1S/C17H19F3N2O4S/c1-16(2,27(24,25)12-9-7-11(26-3)8-10-12)15(23)22-14-6-4-5-13(21-14)17(18,19)20/h4-10,13,21H,1-3H3,(H,22,23). The van der Waals surface area contributed by atoms with Crippen molar-refractivity contribution >= 4 is 15.7 Å². The van der Waals surface area contributed by atoms with E-state index >= 15 is 0 Å². The molecule has 0 spiro atoms. The van der Waals surface area contributed by atoms with E-state index in [4.69, 9.17) is 4.74 Å². The van der Waals surface area contributed by atoms with E-state index < -0.39 is 32.7 Å². The van der Waals surface area contributed by atoms with Crippen molar-refractivity contribution in [2.45, 2.75) is 35.7 Å². The van der Waals surface area contributed by atoms with E-state index in [0.717, 1.165) is 12.2 Å². The summed E-state index contributed by atoms with van der Waals surface area (Å²) in [7, 11) is -2.69. The molecule has 0 fully saturated rings. The molecular formula is C17H19F3N2O4S. The summed E-state index contributed by atoms with van der Waals surface area (Å²) < 4.78 is 67.1. The number of ether oxygens (including phenoxy) is 1. The molecular weight excluding hydrogens is 385 g/mol. The van der Waals surface area contributed by atoms with Crippen LogP contribution in [0.25, 0.3) is 0 Å². The summed E-state index contributed by atoms with van der Waals surface area (Å²) in [5.74, 6) is -0.756. The molecule has 1 aromatic rings. The molecule has 1 heterocycles. The molecule has 2 N–H and O–H groups in total. The predicted octanol–water partition coefficient (Wildman–Crippen LogP) is 2.30. The minimum atomic E-state index is -4.55. The van der Waals surface area contributed by atoms with Crippen LogP contribution in [-0.2, 0) is 14.6 Å². The number of halogens is 3. The molecule has 0 saturated heterocycles. The second-order valence-electron chi connectivity index (χ2n) is 6.27. The summed E-state index contributed by atoms with van der Waals surface area (Å²) in [5.41, 5.74) is 0. The van der Waals surface area contributed by atoms with E-state index in [1.54, 1.807) is 0 Å². The lowest BCUT2D eigenvalue weighted by Crippen LogP contribution is -2.52. The lowest BCUT2D eigenvalue weighted by molar-refractivity contribution is -0.143. The van der Waals surface area contributed by atoms with Gasteiger partial charge in [0.2, 0.25) is 5.91 Å². The number of nitrogens with one attached hydrogen (secondary N) is 2. The summed E-state index contributed by atoms with van der Waals surface area (Å²) >= 11 is 0. The quantitative estimate of drug-likeness (QED) is 0.787. The fourth-order valence-electron chi connectivity index (χ4n) is 2.24. The van der Waals surface area contributed by atoms with Crippen LogP contribution in [-0.4, -0.2) is 38.4 Å². The second kappa shape index (κ2) is 7.26. The molecule has 1 atom stereocenters. The molecule has 1 aliphatic rings. The van der Waals surface area contributed by atoms with Crippen LogP contribution < -0.4 is 15.4 Å². The molecule has 0 aromatic heterocycles. The van der Waals surface area contributed by atoms with Crippen LogP contribution in [0.1, 0.15) is 13.8 Å². The average molecular weight is 404 g/mol. The lowest BCUT2D eigenvalue weighted by Gasteiger charge is -2.28. The molecule has 0 bridgehead atoms. The first-order chi connectivity index (χ1) is 12.4. The van der Waals surface area contributed by atoms with Crippen LogP contribution in [0.3, 0.4) is 0 Å². The van der Waals surface area contributed by atoms with Crippen molar-refractivity contribution in [1.29, 1.82) is 0 Å². The van der Waals surface area contributed by atoms with Gasteiger partial charge in [-0.25, -0.2) is 8.42 Å². The van der Waals surface area contributed by atoms with E-state index in [2.05, 4.69) is 10.6 Å². The molecule has 1 aliphatic heterocycles. The smallest absolute Gasteiger partial charge is 0.412 e. The Morgan fingerprint density at radius 2 is 1.78 bits per heavy atom. The molecule has 6 nitrogen and oxygen atoms in total. The molecule has 148 valence electrons. The highest BCUT2D eigenvalue weighted by atomic mass is 32.2. The van der Waals surface area contributed by atoms with Crippen LogP contribution in [0, 0.1) is 0 Å². The molecule has 0 radical (unpaired) electrons. The fourth-order valence-corrected chi connectivity index (χ4v) is 3.62. The normalized spacial score (nSPS) is 17.7. The Morgan fingerprint density at radius 3 is 2.30 bits per heavy atom. The number of hydrogen-bond donors (Lipinski definition) is 2. The summed E-state index contributed by atoms with van der Waals surface area (Å²) in [5, 5.41) is 4.32. The number of hydrogen-bond acceptors (Lipinski definition) is 5. The van der Waals surface area contributed by atoms with E-state index in [1.165, 1.54) is 51.3 Å². The first-order valence-corrected chi connectivity index (χ1v) is 9.30. The zero-order valence-electron chi connectivity index (χ0n) is 14.8. The first-order valence-electron chi connectivity index (χ1n) is 7.81. The van der Waals surface area contributed by atoms with Gasteiger partial charge in [0.25, 0.3) is 0 Å². The molecule has 1 amide bonds.